The summed E-state index contributed by atoms with van der Waals surface area (Å²) < 4.78 is 2.00. The van der Waals surface area contributed by atoms with Crippen molar-refractivity contribution >= 4 is 16.8 Å². The first-order valence-electron chi connectivity index (χ1n) is 7.30. The van der Waals surface area contributed by atoms with Crippen molar-refractivity contribution in [2.45, 2.75) is 33.3 Å². The van der Waals surface area contributed by atoms with E-state index >= 15 is 0 Å². The summed E-state index contributed by atoms with van der Waals surface area (Å²) in [4.78, 5) is 12.4. The van der Waals surface area contributed by atoms with Gasteiger partial charge in [0.05, 0.1) is 6.10 Å². The maximum atomic E-state index is 12.4. The van der Waals surface area contributed by atoms with Crippen molar-refractivity contribution in [1.29, 1.82) is 0 Å². The van der Waals surface area contributed by atoms with Gasteiger partial charge in [0.15, 0.2) is 0 Å². The molecule has 1 atom stereocenters. The minimum atomic E-state index is -0.366. The van der Waals surface area contributed by atoms with Gasteiger partial charge in [-0.3, -0.25) is 4.79 Å². The van der Waals surface area contributed by atoms with Gasteiger partial charge in [-0.05, 0) is 37.0 Å². The summed E-state index contributed by atoms with van der Waals surface area (Å²) in [5, 5.41) is 13.4. The molecule has 0 bridgehead atoms. The van der Waals surface area contributed by atoms with Gasteiger partial charge in [0.1, 0.15) is 0 Å². The molecule has 114 valence electrons. The number of amides is 1. The SMILES string of the molecule is CC(O)CC(C)(C)CNC(=O)c1cccc2c1ccn2C. The number of hydrogen-bond donors (Lipinski definition) is 2. The molecule has 0 aliphatic carbocycles. The molecule has 1 heterocycles. The molecule has 0 saturated carbocycles. The van der Waals surface area contributed by atoms with Crippen LogP contribution >= 0.6 is 0 Å². The lowest BCUT2D eigenvalue weighted by atomic mass is 9.87. The molecule has 0 radical (unpaired) electrons. The summed E-state index contributed by atoms with van der Waals surface area (Å²) in [6.07, 6.45) is 2.25. The van der Waals surface area contributed by atoms with Gasteiger partial charge in [-0.1, -0.05) is 19.9 Å². The zero-order chi connectivity index (χ0) is 15.6. The Hall–Kier alpha value is -1.81. The first-order chi connectivity index (χ1) is 9.80. The molecule has 2 rings (SSSR count). The van der Waals surface area contributed by atoms with Crippen LogP contribution in [-0.4, -0.2) is 28.2 Å². The van der Waals surface area contributed by atoms with Crippen molar-refractivity contribution < 1.29 is 9.90 Å². The first kappa shape index (κ1) is 15.6. The van der Waals surface area contributed by atoms with E-state index in [9.17, 15) is 9.90 Å². The summed E-state index contributed by atoms with van der Waals surface area (Å²) in [5.41, 5.74) is 1.61. The third kappa shape index (κ3) is 3.64. The summed E-state index contributed by atoms with van der Waals surface area (Å²) in [6.45, 7) is 6.40. The van der Waals surface area contributed by atoms with Crippen molar-refractivity contribution in [2.24, 2.45) is 12.5 Å². The molecule has 0 aliphatic heterocycles. The van der Waals surface area contributed by atoms with Crippen molar-refractivity contribution in [2.75, 3.05) is 6.54 Å². The number of aliphatic hydroxyl groups excluding tert-OH is 1. The van der Waals surface area contributed by atoms with E-state index < -0.39 is 0 Å². The van der Waals surface area contributed by atoms with E-state index in [1.807, 2.05) is 55.9 Å². The molecule has 0 aliphatic rings. The predicted molar refractivity (Wildman–Crippen MR) is 85.3 cm³/mol. The van der Waals surface area contributed by atoms with E-state index in [-0.39, 0.29) is 17.4 Å². The lowest BCUT2D eigenvalue weighted by Gasteiger charge is -2.26. The van der Waals surface area contributed by atoms with Crippen molar-refractivity contribution in [3.63, 3.8) is 0 Å². The van der Waals surface area contributed by atoms with Crippen LogP contribution in [0.25, 0.3) is 10.9 Å². The molecular formula is C17H24N2O2. The van der Waals surface area contributed by atoms with Crippen molar-refractivity contribution in [3.05, 3.63) is 36.0 Å². The molecule has 0 fully saturated rings. The number of nitrogens with one attached hydrogen (secondary N) is 1. The number of hydrogen-bond acceptors (Lipinski definition) is 2. The predicted octanol–water partition coefficient (Wildman–Crippen LogP) is 2.71. The molecule has 4 nitrogen and oxygen atoms in total. The Morgan fingerprint density at radius 3 is 2.76 bits per heavy atom. The van der Waals surface area contributed by atoms with Crippen LogP contribution in [0.2, 0.25) is 0 Å². The number of nitrogens with zero attached hydrogens (tertiary/aromatic N) is 1. The molecule has 1 aromatic heterocycles. The van der Waals surface area contributed by atoms with Gasteiger partial charge < -0.3 is 15.0 Å². The second-order valence-corrected chi connectivity index (χ2v) is 6.57. The van der Waals surface area contributed by atoms with E-state index in [4.69, 9.17) is 0 Å². The second-order valence-electron chi connectivity index (χ2n) is 6.57. The Balaban J connectivity index is 2.13. The van der Waals surface area contributed by atoms with Gasteiger partial charge in [0, 0.05) is 36.3 Å². The second kappa shape index (κ2) is 5.90. The first-order valence-corrected chi connectivity index (χ1v) is 7.30. The number of fused-ring (bicyclic) bond motifs is 1. The smallest absolute Gasteiger partial charge is 0.251 e. The van der Waals surface area contributed by atoms with Crippen molar-refractivity contribution in [3.8, 4) is 0 Å². The van der Waals surface area contributed by atoms with Crippen LogP contribution in [0.15, 0.2) is 30.5 Å². The molecule has 1 aromatic carbocycles. The summed E-state index contributed by atoms with van der Waals surface area (Å²) in [5.74, 6) is -0.0644. The van der Waals surface area contributed by atoms with Gasteiger partial charge in [-0.15, -0.1) is 0 Å². The summed E-state index contributed by atoms with van der Waals surface area (Å²) >= 11 is 0. The minimum Gasteiger partial charge on any atom is -0.393 e. The number of benzene rings is 1. The zero-order valence-electron chi connectivity index (χ0n) is 13.2. The molecule has 1 unspecified atom stereocenters. The van der Waals surface area contributed by atoms with Gasteiger partial charge in [0.25, 0.3) is 5.91 Å². The van der Waals surface area contributed by atoms with Gasteiger partial charge >= 0.3 is 0 Å². The van der Waals surface area contributed by atoms with Crippen LogP contribution in [-0.2, 0) is 7.05 Å². The Labute approximate surface area is 125 Å². The Bertz CT molecular complexity index is 641. The Morgan fingerprint density at radius 2 is 2.10 bits per heavy atom. The number of aliphatic hydroxyl groups is 1. The maximum absolute atomic E-state index is 12.4. The largest absolute Gasteiger partial charge is 0.393 e. The fraction of sp³-hybridized carbons (Fsp3) is 0.471. The van der Waals surface area contributed by atoms with E-state index in [1.54, 1.807) is 6.92 Å². The Kier molecular flexibility index (Phi) is 4.37. The highest BCUT2D eigenvalue weighted by Crippen LogP contribution is 2.22. The average molecular weight is 288 g/mol. The van der Waals surface area contributed by atoms with Crippen LogP contribution in [0.5, 0.6) is 0 Å². The standard InChI is InChI=1S/C17H24N2O2/c1-12(20)10-17(2,3)11-18-16(21)14-6-5-7-15-13(14)8-9-19(15)4/h5-9,12,20H,10-11H2,1-4H3,(H,18,21). The van der Waals surface area contributed by atoms with E-state index in [1.165, 1.54) is 0 Å². The van der Waals surface area contributed by atoms with E-state index in [0.29, 0.717) is 18.5 Å². The summed E-state index contributed by atoms with van der Waals surface area (Å²) in [7, 11) is 1.97. The molecule has 0 spiro atoms. The Morgan fingerprint density at radius 1 is 1.38 bits per heavy atom. The highest BCUT2D eigenvalue weighted by molar-refractivity contribution is 6.06. The molecule has 1 amide bonds. The average Bonchev–Trinajstić information content (AvgIpc) is 2.77. The topological polar surface area (TPSA) is 54.3 Å². The zero-order valence-corrected chi connectivity index (χ0v) is 13.2. The highest BCUT2D eigenvalue weighted by Gasteiger charge is 2.22. The number of carbonyl (C=O) groups excluding carboxylic acids is 1. The minimum absolute atomic E-state index is 0.0644. The van der Waals surface area contributed by atoms with Crippen LogP contribution in [0.1, 0.15) is 37.6 Å². The van der Waals surface area contributed by atoms with Gasteiger partial charge in [-0.25, -0.2) is 0 Å². The third-order valence-electron chi connectivity index (χ3n) is 3.75. The fourth-order valence-corrected chi connectivity index (χ4v) is 2.79. The van der Waals surface area contributed by atoms with Crippen LogP contribution in [0.4, 0.5) is 0 Å². The van der Waals surface area contributed by atoms with Crippen LogP contribution in [0, 0.1) is 5.41 Å². The monoisotopic (exact) mass is 288 g/mol. The third-order valence-corrected chi connectivity index (χ3v) is 3.75. The molecule has 0 saturated heterocycles. The summed E-state index contributed by atoms with van der Waals surface area (Å²) in [6, 6.07) is 7.71. The molecule has 4 heteroatoms. The molecule has 2 aromatic rings. The maximum Gasteiger partial charge on any atom is 0.251 e. The number of aromatic nitrogens is 1. The molecule has 21 heavy (non-hydrogen) atoms. The highest BCUT2D eigenvalue weighted by atomic mass is 16.3. The van der Waals surface area contributed by atoms with Crippen molar-refractivity contribution in [1.82, 2.24) is 9.88 Å². The van der Waals surface area contributed by atoms with E-state index in [2.05, 4.69) is 5.32 Å². The van der Waals surface area contributed by atoms with E-state index in [0.717, 1.165) is 10.9 Å². The normalized spacial score (nSPS) is 13.4. The lowest BCUT2D eigenvalue weighted by Crippen LogP contribution is -2.35. The van der Waals surface area contributed by atoms with Gasteiger partial charge in [-0.2, -0.15) is 0 Å². The quantitative estimate of drug-likeness (QED) is 0.889. The molecular weight excluding hydrogens is 264 g/mol. The van der Waals surface area contributed by atoms with Crippen LogP contribution in [0.3, 0.4) is 0 Å². The fourth-order valence-electron chi connectivity index (χ4n) is 2.79. The number of rotatable bonds is 5. The molecule has 2 N–H and O–H groups in total. The number of carbonyl (C=O) groups is 1. The van der Waals surface area contributed by atoms with Gasteiger partial charge in [0.2, 0.25) is 0 Å². The number of aryl methyl sites for hydroxylation is 1. The lowest BCUT2D eigenvalue weighted by molar-refractivity contribution is 0.0903. The van der Waals surface area contributed by atoms with Crippen LogP contribution < -0.4 is 5.32 Å².